The summed E-state index contributed by atoms with van der Waals surface area (Å²) in [5.74, 6) is -0.668. The van der Waals surface area contributed by atoms with Crippen LogP contribution in [0.4, 0.5) is 5.69 Å². The van der Waals surface area contributed by atoms with Crippen LogP contribution in [0, 0.1) is 20.8 Å². The molecule has 2 N–H and O–H groups in total. The molecule has 1 atom stereocenters. The van der Waals surface area contributed by atoms with Crippen molar-refractivity contribution in [3.63, 3.8) is 0 Å². The summed E-state index contributed by atoms with van der Waals surface area (Å²) in [5.41, 5.74) is 4.58. The van der Waals surface area contributed by atoms with Gasteiger partial charge in [-0.25, -0.2) is 9.78 Å². The zero-order chi connectivity index (χ0) is 23.9. The Labute approximate surface area is 195 Å². The quantitative estimate of drug-likeness (QED) is 0.338. The lowest BCUT2D eigenvalue weighted by Gasteiger charge is -2.19. The van der Waals surface area contributed by atoms with Crippen LogP contribution in [0.25, 0.3) is 22.3 Å². The maximum absolute atomic E-state index is 13.3. The lowest BCUT2D eigenvalue weighted by Crippen LogP contribution is -2.14. The Kier molecular flexibility index (Phi) is 5.95. The molecule has 0 saturated heterocycles. The van der Waals surface area contributed by atoms with Crippen molar-refractivity contribution in [2.75, 3.05) is 5.32 Å². The van der Waals surface area contributed by atoms with Crippen LogP contribution in [0.3, 0.4) is 0 Å². The van der Waals surface area contributed by atoms with Crippen LogP contribution < -0.4 is 10.7 Å². The molecule has 0 aliphatic heterocycles. The Morgan fingerprint density at radius 2 is 1.85 bits per heavy atom. The minimum atomic E-state index is -1.19. The smallest absolute Gasteiger partial charge is 0.356 e. The van der Waals surface area contributed by atoms with Crippen molar-refractivity contribution >= 4 is 34.2 Å². The number of pyridine rings is 1. The Morgan fingerprint density at radius 1 is 1.09 bits per heavy atom. The summed E-state index contributed by atoms with van der Waals surface area (Å²) in [5, 5.41) is 13.3. The molecule has 0 saturated carbocycles. The average molecular weight is 463 g/mol. The standard InChI is InChI=1S/C26H23ClN2O4/c1-13-6-5-7-17(10-13)24-15(3)23(30)19-12-14(2)11-18(25(19)33-24)16(4)28-20-8-9-21(27)29-22(20)26(31)32/h5-12,16,28H,1-4H3,(H,31,32)/t16-/m1/s1. The third-order valence-electron chi connectivity index (χ3n) is 5.57. The molecule has 4 rings (SSSR count). The Bertz CT molecular complexity index is 1460. The molecular formula is C26H23ClN2O4. The summed E-state index contributed by atoms with van der Waals surface area (Å²) in [4.78, 5) is 28.9. The number of hydrogen-bond donors (Lipinski definition) is 2. The molecule has 0 spiro atoms. The molecule has 2 aromatic heterocycles. The molecule has 0 radical (unpaired) electrons. The highest BCUT2D eigenvalue weighted by Crippen LogP contribution is 2.33. The average Bonchev–Trinajstić information content (AvgIpc) is 2.77. The number of carboxylic acids is 1. The molecule has 0 amide bonds. The van der Waals surface area contributed by atoms with Crippen LogP contribution in [-0.4, -0.2) is 16.1 Å². The number of aromatic carboxylic acids is 1. The number of anilines is 1. The summed E-state index contributed by atoms with van der Waals surface area (Å²) < 4.78 is 6.36. The molecule has 0 bridgehead atoms. The third-order valence-corrected chi connectivity index (χ3v) is 5.79. The molecule has 2 aromatic carbocycles. The number of aryl methyl sites for hydroxylation is 2. The fraction of sp³-hybridized carbons (Fsp3) is 0.192. The van der Waals surface area contributed by atoms with E-state index in [0.717, 1.165) is 22.3 Å². The molecule has 33 heavy (non-hydrogen) atoms. The number of nitrogens with zero attached hydrogens (tertiary/aromatic N) is 1. The fourth-order valence-electron chi connectivity index (χ4n) is 3.98. The number of carbonyl (C=O) groups is 1. The first-order chi connectivity index (χ1) is 15.7. The van der Waals surface area contributed by atoms with E-state index in [9.17, 15) is 14.7 Å². The van der Waals surface area contributed by atoms with Crippen molar-refractivity contribution in [3.8, 4) is 11.3 Å². The van der Waals surface area contributed by atoms with Crippen LogP contribution in [0.1, 0.15) is 45.7 Å². The Hall–Kier alpha value is -3.64. The number of aromatic nitrogens is 1. The van der Waals surface area contributed by atoms with Crippen molar-refractivity contribution in [1.29, 1.82) is 0 Å². The van der Waals surface area contributed by atoms with Crippen molar-refractivity contribution in [1.82, 2.24) is 4.98 Å². The van der Waals surface area contributed by atoms with Gasteiger partial charge in [0.1, 0.15) is 16.5 Å². The number of halogens is 1. The highest BCUT2D eigenvalue weighted by atomic mass is 35.5. The molecule has 4 aromatic rings. The molecule has 0 aliphatic rings. The summed E-state index contributed by atoms with van der Waals surface area (Å²) in [7, 11) is 0. The highest BCUT2D eigenvalue weighted by molar-refractivity contribution is 6.29. The van der Waals surface area contributed by atoms with E-state index in [1.165, 1.54) is 6.07 Å². The predicted octanol–water partition coefficient (Wildman–Crippen LogP) is 6.30. The number of carboxylic acid groups (broad SMARTS) is 1. The van der Waals surface area contributed by atoms with E-state index in [2.05, 4.69) is 10.3 Å². The monoisotopic (exact) mass is 462 g/mol. The van der Waals surface area contributed by atoms with Gasteiger partial charge in [-0.15, -0.1) is 0 Å². The summed E-state index contributed by atoms with van der Waals surface area (Å²) >= 11 is 5.88. The van der Waals surface area contributed by atoms with Gasteiger partial charge >= 0.3 is 5.97 Å². The molecule has 2 heterocycles. The lowest BCUT2D eigenvalue weighted by molar-refractivity contribution is 0.0691. The van der Waals surface area contributed by atoms with E-state index < -0.39 is 5.97 Å². The number of hydrogen-bond acceptors (Lipinski definition) is 5. The minimum absolute atomic E-state index is 0.0932. The molecule has 6 nitrogen and oxygen atoms in total. The first-order valence-corrected chi connectivity index (χ1v) is 10.8. The van der Waals surface area contributed by atoms with Gasteiger partial charge in [-0.05, 0) is 57.5 Å². The van der Waals surface area contributed by atoms with E-state index in [4.69, 9.17) is 16.0 Å². The van der Waals surface area contributed by atoms with Crippen LogP contribution >= 0.6 is 11.6 Å². The van der Waals surface area contributed by atoms with Gasteiger partial charge in [0.25, 0.3) is 0 Å². The second-order valence-electron chi connectivity index (χ2n) is 8.19. The van der Waals surface area contributed by atoms with Gasteiger partial charge in [0.2, 0.25) is 0 Å². The Morgan fingerprint density at radius 3 is 2.55 bits per heavy atom. The minimum Gasteiger partial charge on any atom is -0.476 e. The zero-order valence-corrected chi connectivity index (χ0v) is 19.4. The normalized spacial score (nSPS) is 12.0. The SMILES string of the molecule is Cc1cccc(-c2oc3c([C@@H](C)Nc4ccc(Cl)nc4C(=O)O)cc(C)cc3c(=O)c2C)c1. The maximum atomic E-state index is 13.3. The first kappa shape index (κ1) is 22.6. The maximum Gasteiger partial charge on any atom is 0.356 e. The zero-order valence-electron chi connectivity index (χ0n) is 18.7. The van der Waals surface area contributed by atoms with Crippen LogP contribution in [0.5, 0.6) is 0 Å². The summed E-state index contributed by atoms with van der Waals surface area (Å²) in [6.07, 6.45) is 0. The fourth-order valence-corrected chi connectivity index (χ4v) is 4.12. The second-order valence-corrected chi connectivity index (χ2v) is 8.57. The number of nitrogens with one attached hydrogen (secondary N) is 1. The first-order valence-electron chi connectivity index (χ1n) is 10.5. The van der Waals surface area contributed by atoms with Gasteiger partial charge in [-0.3, -0.25) is 4.79 Å². The van der Waals surface area contributed by atoms with E-state index in [1.807, 2.05) is 57.2 Å². The largest absolute Gasteiger partial charge is 0.476 e. The highest BCUT2D eigenvalue weighted by Gasteiger charge is 2.21. The van der Waals surface area contributed by atoms with Crippen LogP contribution in [-0.2, 0) is 0 Å². The molecule has 0 unspecified atom stereocenters. The number of rotatable bonds is 5. The predicted molar refractivity (Wildman–Crippen MR) is 130 cm³/mol. The second kappa shape index (κ2) is 8.71. The van der Waals surface area contributed by atoms with Crippen LogP contribution in [0.15, 0.2) is 57.7 Å². The van der Waals surface area contributed by atoms with Crippen molar-refractivity contribution in [2.24, 2.45) is 0 Å². The van der Waals surface area contributed by atoms with Crippen LogP contribution in [0.2, 0.25) is 5.15 Å². The van der Waals surface area contributed by atoms with E-state index >= 15 is 0 Å². The van der Waals surface area contributed by atoms with Gasteiger partial charge in [-0.2, -0.15) is 0 Å². The molecule has 7 heteroatoms. The molecule has 168 valence electrons. The molecular weight excluding hydrogens is 440 g/mol. The topological polar surface area (TPSA) is 92.4 Å². The molecule has 0 aliphatic carbocycles. The lowest BCUT2D eigenvalue weighted by atomic mass is 9.98. The summed E-state index contributed by atoms with van der Waals surface area (Å²) in [6.45, 7) is 7.54. The number of fused-ring (bicyclic) bond motifs is 1. The van der Waals surface area contributed by atoms with E-state index in [1.54, 1.807) is 13.0 Å². The van der Waals surface area contributed by atoms with Crippen molar-refractivity contribution < 1.29 is 14.3 Å². The van der Waals surface area contributed by atoms with Gasteiger partial charge in [0, 0.05) is 16.7 Å². The Balaban J connectivity index is 1.89. The van der Waals surface area contributed by atoms with Crippen molar-refractivity contribution in [3.05, 3.63) is 91.9 Å². The van der Waals surface area contributed by atoms with E-state index in [-0.39, 0.29) is 22.3 Å². The van der Waals surface area contributed by atoms with Gasteiger partial charge < -0.3 is 14.8 Å². The van der Waals surface area contributed by atoms with Gasteiger partial charge in [-0.1, -0.05) is 41.4 Å². The summed E-state index contributed by atoms with van der Waals surface area (Å²) in [6, 6.07) is 14.3. The third kappa shape index (κ3) is 4.34. The van der Waals surface area contributed by atoms with Crippen molar-refractivity contribution in [2.45, 2.75) is 33.7 Å². The van der Waals surface area contributed by atoms with Gasteiger partial charge in [0.15, 0.2) is 11.1 Å². The number of benzene rings is 2. The van der Waals surface area contributed by atoms with E-state index in [0.29, 0.717) is 28.0 Å². The molecule has 0 fully saturated rings. The van der Waals surface area contributed by atoms with Gasteiger partial charge in [0.05, 0.1) is 17.1 Å².